The van der Waals surface area contributed by atoms with Crippen LogP contribution in [-0.2, 0) is 6.61 Å². The monoisotopic (exact) mass is 217 g/mol. The molecule has 2 nitrogen and oxygen atoms in total. The minimum atomic E-state index is -0.0685. The fraction of sp³-hybridized carbons (Fsp3) is 0.500. The summed E-state index contributed by atoms with van der Waals surface area (Å²) >= 11 is 0. The van der Waals surface area contributed by atoms with Gasteiger partial charge in [-0.2, -0.15) is 5.26 Å². The molecule has 0 spiro atoms. The van der Waals surface area contributed by atoms with Crippen LogP contribution in [0.2, 0.25) is 0 Å². The number of hydrogen-bond donors (Lipinski definition) is 1. The van der Waals surface area contributed by atoms with Crippen molar-refractivity contribution in [2.75, 3.05) is 0 Å². The Morgan fingerprint density at radius 2 is 1.62 bits per heavy atom. The van der Waals surface area contributed by atoms with E-state index in [9.17, 15) is 5.11 Å². The molecule has 0 aromatic heterocycles. The van der Waals surface area contributed by atoms with Gasteiger partial charge in [0.25, 0.3) is 0 Å². The van der Waals surface area contributed by atoms with Crippen LogP contribution in [0.5, 0.6) is 0 Å². The molecule has 0 heterocycles. The summed E-state index contributed by atoms with van der Waals surface area (Å²) in [4.78, 5) is 0. The van der Waals surface area contributed by atoms with E-state index in [1.165, 1.54) is 11.1 Å². The highest BCUT2D eigenvalue weighted by atomic mass is 16.3. The predicted octanol–water partition coefficient (Wildman–Crippen LogP) is 3.30. The number of nitrogens with zero attached hydrogens (tertiary/aromatic N) is 1. The lowest BCUT2D eigenvalue weighted by atomic mass is 9.87. The zero-order chi connectivity index (χ0) is 12.3. The van der Waals surface area contributed by atoms with E-state index >= 15 is 0 Å². The van der Waals surface area contributed by atoms with Crippen molar-refractivity contribution in [1.29, 1.82) is 5.26 Å². The molecule has 86 valence electrons. The topological polar surface area (TPSA) is 44.0 Å². The summed E-state index contributed by atoms with van der Waals surface area (Å²) in [6, 6.07) is 6.04. The zero-order valence-corrected chi connectivity index (χ0v) is 10.4. The first-order valence-electron chi connectivity index (χ1n) is 5.68. The van der Waals surface area contributed by atoms with Crippen molar-refractivity contribution in [2.24, 2.45) is 0 Å². The maximum atomic E-state index is 9.23. The molecule has 0 radical (unpaired) electrons. The molecule has 1 aromatic rings. The average Bonchev–Trinajstić information content (AvgIpc) is 2.26. The average molecular weight is 217 g/mol. The van der Waals surface area contributed by atoms with Gasteiger partial charge in [-0.3, -0.25) is 0 Å². The third-order valence-corrected chi connectivity index (χ3v) is 2.84. The molecule has 0 unspecified atom stereocenters. The van der Waals surface area contributed by atoms with Gasteiger partial charge in [-0.05, 0) is 34.6 Å². The SMILES string of the molecule is CC(C)c1cc(C#N)c(CO)cc1C(C)C. The predicted molar refractivity (Wildman–Crippen MR) is 65.3 cm³/mol. The van der Waals surface area contributed by atoms with Crippen LogP contribution >= 0.6 is 0 Å². The van der Waals surface area contributed by atoms with E-state index in [4.69, 9.17) is 5.26 Å². The Kier molecular flexibility index (Phi) is 4.09. The van der Waals surface area contributed by atoms with E-state index in [1.54, 1.807) is 0 Å². The van der Waals surface area contributed by atoms with Gasteiger partial charge >= 0.3 is 0 Å². The maximum Gasteiger partial charge on any atom is 0.0995 e. The Bertz CT molecular complexity index is 413. The smallest absolute Gasteiger partial charge is 0.0995 e. The molecule has 0 saturated carbocycles. The van der Waals surface area contributed by atoms with Gasteiger partial charge in [0, 0.05) is 0 Å². The molecule has 0 aliphatic carbocycles. The van der Waals surface area contributed by atoms with E-state index in [-0.39, 0.29) is 6.61 Å². The second-order valence-electron chi connectivity index (χ2n) is 4.72. The summed E-state index contributed by atoms with van der Waals surface area (Å²) in [5, 5.41) is 18.3. The van der Waals surface area contributed by atoms with Crippen molar-refractivity contribution in [1.82, 2.24) is 0 Å². The quantitative estimate of drug-likeness (QED) is 0.844. The van der Waals surface area contributed by atoms with Crippen LogP contribution in [0.1, 0.15) is 61.8 Å². The van der Waals surface area contributed by atoms with Crippen LogP contribution in [0, 0.1) is 11.3 Å². The van der Waals surface area contributed by atoms with Crippen molar-refractivity contribution >= 4 is 0 Å². The fourth-order valence-electron chi connectivity index (χ4n) is 1.92. The first-order valence-corrected chi connectivity index (χ1v) is 5.68. The second-order valence-corrected chi connectivity index (χ2v) is 4.72. The highest BCUT2D eigenvalue weighted by Gasteiger charge is 2.14. The summed E-state index contributed by atoms with van der Waals surface area (Å²) in [5.74, 6) is 0.813. The van der Waals surface area contributed by atoms with Crippen LogP contribution in [0.15, 0.2) is 12.1 Å². The van der Waals surface area contributed by atoms with E-state index in [1.807, 2.05) is 12.1 Å². The van der Waals surface area contributed by atoms with Crippen molar-refractivity contribution in [3.8, 4) is 6.07 Å². The normalized spacial score (nSPS) is 10.9. The summed E-state index contributed by atoms with van der Waals surface area (Å²) in [7, 11) is 0. The summed E-state index contributed by atoms with van der Waals surface area (Å²) in [5.41, 5.74) is 3.77. The largest absolute Gasteiger partial charge is 0.392 e. The minimum Gasteiger partial charge on any atom is -0.392 e. The van der Waals surface area contributed by atoms with Gasteiger partial charge in [0.15, 0.2) is 0 Å². The summed E-state index contributed by atoms with van der Waals surface area (Å²) in [6.45, 7) is 8.45. The molecule has 0 bridgehead atoms. The number of rotatable bonds is 3. The second kappa shape index (κ2) is 5.14. The van der Waals surface area contributed by atoms with Crippen LogP contribution in [0.25, 0.3) is 0 Å². The zero-order valence-electron chi connectivity index (χ0n) is 10.4. The third kappa shape index (κ3) is 2.43. The molecule has 0 aliphatic rings. The summed E-state index contributed by atoms with van der Waals surface area (Å²) in [6.07, 6.45) is 0. The Labute approximate surface area is 97.5 Å². The number of aliphatic hydroxyl groups excluding tert-OH is 1. The lowest BCUT2D eigenvalue weighted by Gasteiger charge is -2.18. The first-order chi connectivity index (χ1) is 7.51. The number of aliphatic hydroxyl groups is 1. The van der Waals surface area contributed by atoms with Gasteiger partial charge in [0.1, 0.15) is 0 Å². The molecule has 0 fully saturated rings. The Morgan fingerprint density at radius 3 is 2.00 bits per heavy atom. The molecule has 2 heteroatoms. The lowest BCUT2D eigenvalue weighted by Crippen LogP contribution is -2.03. The summed E-state index contributed by atoms with van der Waals surface area (Å²) < 4.78 is 0. The van der Waals surface area contributed by atoms with Gasteiger partial charge in [-0.15, -0.1) is 0 Å². The van der Waals surface area contributed by atoms with E-state index < -0.39 is 0 Å². The van der Waals surface area contributed by atoms with Crippen LogP contribution in [-0.4, -0.2) is 5.11 Å². The number of benzene rings is 1. The highest BCUT2D eigenvalue weighted by molar-refractivity contribution is 5.46. The Morgan fingerprint density at radius 1 is 1.12 bits per heavy atom. The van der Waals surface area contributed by atoms with Crippen molar-refractivity contribution < 1.29 is 5.11 Å². The number of hydrogen-bond acceptors (Lipinski definition) is 2. The van der Waals surface area contributed by atoms with E-state index in [0.29, 0.717) is 17.4 Å². The van der Waals surface area contributed by atoms with Crippen molar-refractivity contribution in [3.63, 3.8) is 0 Å². The van der Waals surface area contributed by atoms with Gasteiger partial charge in [-0.25, -0.2) is 0 Å². The third-order valence-electron chi connectivity index (χ3n) is 2.84. The van der Waals surface area contributed by atoms with E-state index in [2.05, 4.69) is 33.8 Å². The van der Waals surface area contributed by atoms with Crippen LogP contribution < -0.4 is 0 Å². The minimum absolute atomic E-state index is 0.0685. The lowest BCUT2D eigenvalue weighted by molar-refractivity contribution is 0.281. The van der Waals surface area contributed by atoms with Crippen molar-refractivity contribution in [2.45, 2.75) is 46.1 Å². The highest BCUT2D eigenvalue weighted by Crippen LogP contribution is 2.29. The first kappa shape index (κ1) is 12.7. The van der Waals surface area contributed by atoms with Crippen LogP contribution in [0.3, 0.4) is 0 Å². The molecule has 16 heavy (non-hydrogen) atoms. The molecule has 0 aliphatic heterocycles. The van der Waals surface area contributed by atoms with Crippen molar-refractivity contribution in [3.05, 3.63) is 34.4 Å². The molecule has 1 aromatic carbocycles. The molecule has 0 amide bonds. The van der Waals surface area contributed by atoms with Gasteiger partial charge in [0.05, 0.1) is 18.2 Å². The Balaban J connectivity index is 3.43. The molecule has 1 rings (SSSR count). The molecular formula is C14H19NO. The van der Waals surface area contributed by atoms with E-state index in [0.717, 1.165) is 5.56 Å². The molecule has 1 N–H and O–H groups in total. The Hall–Kier alpha value is -1.33. The van der Waals surface area contributed by atoms with Gasteiger partial charge < -0.3 is 5.11 Å². The maximum absolute atomic E-state index is 9.23. The molecular weight excluding hydrogens is 198 g/mol. The fourth-order valence-corrected chi connectivity index (χ4v) is 1.92. The molecule has 0 atom stereocenters. The van der Waals surface area contributed by atoms with Gasteiger partial charge in [-0.1, -0.05) is 33.8 Å². The van der Waals surface area contributed by atoms with Gasteiger partial charge in [0.2, 0.25) is 0 Å². The number of nitriles is 1. The van der Waals surface area contributed by atoms with Crippen LogP contribution in [0.4, 0.5) is 0 Å². The standard InChI is InChI=1S/C14H19NO/c1-9(2)13-5-11(7-15)12(8-16)6-14(13)10(3)4/h5-6,9-10,16H,8H2,1-4H3. The molecule has 0 saturated heterocycles.